The van der Waals surface area contributed by atoms with Crippen molar-refractivity contribution in [3.8, 4) is 33.8 Å². The maximum Gasteiger partial charge on any atom is 0.147 e. The molecule has 0 radical (unpaired) electrons. The minimum absolute atomic E-state index is 0.0688. The van der Waals surface area contributed by atoms with E-state index in [-0.39, 0.29) is 17.8 Å². The molecule has 0 aliphatic carbocycles. The summed E-state index contributed by atoms with van der Waals surface area (Å²) in [7, 11) is 1.88. The normalized spacial score (nSPS) is 23.4. The standard InChI is InChI=1S/C26H26FN7O/c1-33(23-11-18-3-5-21(32-18)26(23)27)25-14-29-22(13-30-25)20-4-2-16(10-24(20)35)17-12-31-34(15-17)19-6-8-28-9-7-19/h2,4,6-10,12-15,18,21,23,26,32,35H,3,5,11H2,1H3/t18?,21?,23-,26+/m1/s1. The molecule has 2 bridgehead atoms. The number of aromatic nitrogens is 5. The van der Waals surface area contributed by atoms with E-state index in [2.05, 4.69) is 25.4 Å². The maximum atomic E-state index is 15.0. The number of alkyl halides is 1. The molecule has 0 saturated carbocycles. The van der Waals surface area contributed by atoms with Crippen LogP contribution in [-0.2, 0) is 0 Å². The van der Waals surface area contributed by atoms with Gasteiger partial charge in [-0.3, -0.25) is 9.97 Å². The first-order valence-electron chi connectivity index (χ1n) is 11.8. The molecule has 3 aromatic heterocycles. The topological polar surface area (TPSA) is 92.0 Å². The molecular weight excluding hydrogens is 445 g/mol. The fourth-order valence-corrected chi connectivity index (χ4v) is 5.20. The molecule has 35 heavy (non-hydrogen) atoms. The molecule has 8 nitrogen and oxygen atoms in total. The number of anilines is 1. The highest BCUT2D eigenvalue weighted by Gasteiger charge is 2.43. The van der Waals surface area contributed by atoms with Gasteiger partial charge in [-0.05, 0) is 49.1 Å². The van der Waals surface area contributed by atoms with Crippen molar-refractivity contribution < 1.29 is 9.50 Å². The van der Waals surface area contributed by atoms with Crippen LogP contribution in [0.3, 0.4) is 0 Å². The molecule has 9 heteroatoms. The van der Waals surface area contributed by atoms with Gasteiger partial charge in [-0.25, -0.2) is 14.1 Å². The number of pyridine rings is 1. The van der Waals surface area contributed by atoms with Crippen molar-refractivity contribution >= 4 is 5.82 Å². The molecule has 2 aliphatic rings. The fourth-order valence-electron chi connectivity index (χ4n) is 5.20. The first-order chi connectivity index (χ1) is 17.1. The Morgan fingerprint density at radius 1 is 1.06 bits per heavy atom. The van der Waals surface area contributed by atoms with Crippen LogP contribution in [-0.4, -0.2) is 61.2 Å². The van der Waals surface area contributed by atoms with E-state index >= 15 is 0 Å². The molecule has 178 valence electrons. The summed E-state index contributed by atoms with van der Waals surface area (Å²) in [6.07, 6.45) is 12.1. The van der Waals surface area contributed by atoms with E-state index in [1.165, 1.54) is 0 Å². The molecule has 4 aromatic rings. The second-order valence-corrected chi connectivity index (χ2v) is 9.28. The van der Waals surface area contributed by atoms with Crippen molar-refractivity contribution in [2.45, 2.75) is 43.6 Å². The van der Waals surface area contributed by atoms with E-state index in [4.69, 9.17) is 0 Å². The van der Waals surface area contributed by atoms with Crippen LogP contribution < -0.4 is 10.2 Å². The zero-order valence-corrected chi connectivity index (χ0v) is 19.3. The molecule has 2 unspecified atom stereocenters. The number of rotatable bonds is 5. The number of phenolic OH excluding ortho intramolecular Hbond substituents is 1. The monoisotopic (exact) mass is 471 g/mol. The van der Waals surface area contributed by atoms with E-state index in [1.54, 1.807) is 41.7 Å². The SMILES string of the molecule is CN(c1cnc(-c2ccc(-c3cnn(-c4ccncc4)c3)cc2O)cn1)[C@@H]1CC2CCC(N2)[C@@H]1F. The van der Waals surface area contributed by atoms with E-state index in [1.807, 2.05) is 42.4 Å². The molecule has 4 atom stereocenters. The van der Waals surface area contributed by atoms with Crippen molar-refractivity contribution in [2.75, 3.05) is 11.9 Å². The number of benzene rings is 1. The number of nitrogens with one attached hydrogen (secondary N) is 1. The summed E-state index contributed by atoms with van der Waals surface area (Å²) in [4.78, 5) is 15.0. The largest absolute Gasteiger partial charge is 0.507 e. The second kappa shape index (κ2) is 8.74. The van der Waals surface area contributed by atoms with Gasteiger partial charge in [-0.1, -0.05) is 6.07 Å². The van der Waals surface area contributed by atoms with E-state index in [0.717, 1.165) is 36.1 Å². The van der Waals surface area contributed by atoms with E-state index in [9.17, 15) is 9.50 Å². The maximum absolute atomic E-state index is 15.0. The predicted molar refractivity (Wildman–Crippen MR) is 131 cm³/mol. The van der Waals surface area contributed by atoms with Gasteiger partial charge in [0, 0.05) is 48.8 Å². The lowest BCUT2D eigenvalue weighted by atomic mass is 9.96. The summed E-state index contributed by atoms with van der Waals surface area (Å²) in [5, 5.41) is 18.5. The Labute approximate surface area is 202 Å². The molecule has 2 saturated heterocycles. The fraction of sp³-hybridized carbons (Fsp3) is 0.308. The minimum atomic E-state index is -0.931. The summed E-state index contributed by atoms with van der Waals surface area (Å²) < 4.78 is 16.7. The van der Waals surface area contributed by atoms with Gasteiger partial charge in [0.05, 0.1) is 36.0 Å². The van der Waals surface area contributed by atoms with Crippen LogP contribution in [0.15, 0.2) is 67.5 Å². The van der Waals surface area contributed by atoms with Gasteiger partial charge < -0.3 is 15.3 Å². The van der Waals surface area contributed by atoms with Crippen molar-refractivity contribution in [1.29, 1.82) is 0 Å². The highest BCUT2D eigenvalue weighted by atomic mass is 19.1. The third-order valence-electron chi connectivity index (χ3n) is 7.17. The summed E-state index contributed by atoms with van der Waals surface area (Å²) in [6.45, 7) is 0. The minimum Gasteiger partial charge on any atom is -0.507 e. The predicted octanol–water partition coefficient (Wildman–Crippen LogP) is 3.76. The van der Waals surface area contributed by atoms with Crippen LogP contribution in [0, 0.1) is 0 Å². The van der Waals surface area contributed by atoms with Crippen molar-refractivity contribution in [3.63, 3.8) is 0 Å². The average Bonchev–Trinajstić information content (AvgIpc) is 3.55. The number of piperidine rings is 1. The Morgan fingerprint density at radius 2 is 1.91 bits per heavy atom. The van der Waals surface area contributed by atoms with Crippen molar-refractivity contribution in [1.82, 2.24) is 30.0 Å². The van der Waals surface area contributed by atoms with Gasteiger partial charge in [0.25, 0.3) is 0 Å². The number of aromatic hydroxyl groups is 1. The van der Waals surface area contributed by atoms with Crippen LogP contribution in [0.1, 0.15) is 19.3 Å². The Morgan fingerprint density at radius 3 is 2.69 bits per heavy atom. The highest BCUT2D eigenvalue weighted by molar-refractivity contribution is 5.74. The zero-order chi connectivity index (χ0) is 23.9. The number of phenols is 1. The Bertz CT molecular complexity index is 1330. The molecule has 0 spiro atoms. The molecule has 2 aliphatic heterocycles. The van der Waals surface area contributed by atoms with Gasteiger partial charge in [0.15, 0.2) is 0 Å². The lowest BCUT2D eigenvalue weighted by Gasteiger charge is -2.38. The first-order valence-corrected chi connectivity index (χ1v) is 11.8. The van der Waals surface area contributed by atoms with Gasteiger partial charge in [0.1, 0.15) is 17.7 Å². The van der Waals surface area contributed by atoms with Gasteiger partial charge in [0.2, 0.25) is 0 Å². The second-order valence-electron chi connectivity index (χ2n) is 9.28. The van der Waals surface area contributed by atoms with Crippen molar-refractivity contribution in [3.05, 3.63) is 67.5 Å². The molecule has 0 amide bonds. The zero-order valence-electron chi connectivity index (χ0n) is 19.3. The van der Waals surface area contributed by atoms with E-state index in [0.29, 0.717) is 23.1 Å². The Hall–Kier alpha value is -3.85. The average molecular weight is 472 g/mol. The lowest BCUT2D eigenvalue weighted by molar-refractivity contribution is 0.176. The van der Waals surface area contributed by atoms with Crippen LogP contribution in [0.25, 0.3) is 28.1 Å². The van der Waals surface area contributed by atoms with Crippen LogP contribution >= 0.6 is 0 Å². The van der Waals surface area contributed by atoms with Crippen LogP contribution in [0.4, 0.5) is 10.2 Å². The molecule has 1 aromatic carbocycles. The summed E-state index contributed by atoms with van der Waals surface area (Å²) in [6, 6.07) is 9.28. The van der Waals surface area contributed by atoms with Crippen molar-refractivity contribution in [2.24, 2.45) is 0 Å². The molecule has 6 rings (SSSR count). The summed E-state index contributed by atoms with van der Waals surface area (Å²) in [5.74, 6) is 0.732. The third kappa shape index (κ3) is 4.01. The first kappa shape index (κ1) is 21.7. The molecular formula is C26H26FN7O. The quantitative estimate of drug-likeness (QED) is 0.458. The van der Waals surface area contributed by atoms with Crippen LogP contribution in [0.5, 0.6) is 5.75 Å². The van der Waals surface area contributed by atoms with Gasteiger partial charge >= 0.3 is 0 Å². The third-order valence-corrected chi connectivity index (χ3v) is 7.17. The smallest absolute Gasteiger partial charge is 0.147 e. The summed E-state index contributed by atoms with van der Waals surface area (Å²) >= 11 is 0. The van der Waals surface area contributed by atoms with Gasteiger partial charge in [-0.2, -0.15) is 5.10 Å². The number of hydrogen-bond donors (Lipinski definition) is 2. The summed E-state index contributed by atoms with van der Waals surface area (Å²) in [5.41, 5.74) is 3.76. The highest BCUT2D eigenvalue weighted by Crippen LogP contribution is 2.35. The number of halogens is 1. The molecule has 2 fully saturated rings. The molecule has 2 N–H and O–H groups in total. The number of fused-ring (bicyclic) bond motifs is 2. The lowest BCUT2D eigenvalue weighted by Crippen LogP contribution is -2.55. The molecule has 5 heterocycles. The van der Waals surface area contributed by atoms with E-state index < -0.39 is 6.17 Å². The number of nitrogens with zero attached hydrogens (tertiary/aromatic N) is 6. The number of hydrogen-bond acceptors (Lipinski definition) is 7. The Balaban J connectivity index is 1.20. The Kier molecular flexibility index (Phi) is 5.41. The van der Waals surface area contributed by atoms with Crippen LogP contribution in [0.2, 0.25) is 0 Å². The van der Waals surface area contributed by atoms with Gasteiger partial charge in [-0.15, -0.1) is 0 Å².